The van der Waals surface area contributed by atoms with Gasteiger partial charge in [0.2, 0.25) is 10.0 Å². The number of thioether (sulfide) groups is 1. The van der Waals surface area contributed by atoms with Gasteiger partial charge in [-0.3, -0.25) is 0 Å². The molecule has 7 heteroatoms. The highest BCUT2D eigenvalue weighted by Gasteiger charge is 2.30. The summed E-state index contributed by atoms with van der Waals surface area (Å²) >= 11 is 1.71. The Bertz CT molecular complexity index is 1180. The van der Waals surface area contributed by atoms with E-state index in [1.54, 1.807) is 36.0 Å². The zero-order chi connectivity index (χ0) is 20.6. The highest BCUT2D eigenvalue weighted by Crippen LogP contribution is 2.48. The molecular formula is C22H20FNO3S2. The van der Waals surface area contributed by atoms with Crippen molar-refractivity contribution in [1.82, 2.24) is 0 Å². The summed E-state index contributed by atoms with van der Waals surface area (Å²) in [6.45, 7) is 2.08. The highest BCUT2D eigenvalue weighted by atomic mass is 32.2. The quantitative estimate of drug-likeness (QED) is 0.587. The molecule has 3 aromatic rings. The van der Waals surface area contributed by atoms with Crippen LogP contribution in [0.5, 0.6) is 5.75 Å². The monoisotopic (exact) mass is 429 g/mol. The Hall–Kier alpha value is -2.35. The summed E-state index contributed by atoms with van der Waals surface area (Å²) in [4.78, 5) is 1.09. The Labute approximate surface area is 174 Å². The van der Waals surface area contributed by atoms with E-state index in [1.165, 1.54) is 12.1 Å². The molecule has 2 N–H and O–H groups in total. The summed E-state index contributed by atoms with van der Waals surface area (Å²) < 4.78 is 43.4. The van der Waals surface area contributed by atoms with Crippen LogP contribution >= 0.6 is 11.8 Å². The van der Waals surface area contributed by atoms with Crippen LogP contribution in [-0.2, 0) is 15.8 Å². The first kappa shape index (κ1) is 19.9. The van der Waals surface area contributed by atoms with Gasteiger partial charge in [0.25, 0.3) is 0 Å². The number of fused-ring (bicyclic) bond motifs is 3. The lowest BCUT2D eigenvalue weighted by Gasteiger charge is -2.31. The zero-order valence-electron chi connectivity index (χ0n) is 15.8. The summed E-state index contributed by atoms with van der Waals surface area (Å²) in [5.41, 5.74) is 3.96. The van der Waals surface area contributed by atoms with Crippen LogP contribution in [0.2, 0.25) is 0 Å². The van der Waals surface area contributed by atoms with Crippen molar-refractivity contribution in [3.63, 3.8) is 0 Å². The van der Waals surface area contributed by atoms with Gasteiger partial charge in [-0.1, -0.05) is 43.3 Å². The largest absolute Gasteiger partial charge is 0.480 e. The van der Waals surface area contributed by atoms with E-state index >= 15 is 0 Å². The summed E-state index contributed by atoms with van der Waals surface area (Å²) in [5.74, 6) is 1.01. The van der Waals surface area contributed by atoms with Crippen molar-refractivity contribution in [1.29, 1.82) is 0 Å². The second-order valence-electron chi connectivity index (χ2n) is 6.84. The van der Waals surface area contributed by atoms with Crippen molar-refractivity contribution in [2.45, 2.75) is 23.7 Å². The van der Waals surface area contributed by atoms with Crippen LogP contribution in [0.3, 0.4) is 0 Å². The van der Waals surface area contributed by atoms with Crippen LogP contribution in [0.1, 0.15) is 29.7 Å². The molecule has 1 atom stereocenters. The maximum atomic E-state index is 13.9. The molecule has 1 aliphatic heterocycles. The Morgan fingerprint density at radius 2 is 1.90 bits per heavy atom. The van der Waals surface area contributed by atoms with E-state index in [2.05, 4.69) is 6.92 Å². The lowest BCUT2D eigenvalue weighted by Crippen LogP contribution is -2.18. The third-order valence-electron chi connectivity index (χ3n) is 4.72. The van der Waals surface area contributed by atoms with Gasteiger partial charge in [-0.05, 0) is 46.7 Å². The fourth-order valence-electron chi connectivity index (χ4n) is 3.64. The second-order valence-corrected chi connectivity index (χ2v) is 9.76. The molecule has 1 unspecified atom stereocenters. The molecule has 0 aliphatic carbocycles. The molecule has 29 heavy (non-hydrogen) atoms. The maximum absolute atomic E-state index is 13.9. The van der Waals surface area contributed by atoms with Crippen LogP contribution in [-0.4, -0.2) is 14.2 Å². The molecule has 1 heterocycles. The minimum absolute atomic E-state index is 0.269. The molecule has 4 rings (SSSR count). The normalized spacial score (nSPS) is 15.3. The van der Waals surface area contributed by atoms with Crippen LogP contribution in [0.25, 0.3) is 11.1 Å². The molecule has 0 radical (unpaired) electrons. The van der Waals surface area contributed by atoms with Gasteiger partial charge in [0.05, 0.1) is 5.75 Å². The summed E-state index contributed by atoms with van der Waals surface area (Å²) in [6, 6.07) is 17.6. The van der Waals surface area contributed by atoms with E-state index in [4.69, 9.17) is 9.88 Å². The van der Waals surface area contributed by atoms with Gasteiger partial charge in [0, 0.05) is 16.0 Å². The Morgan fingerprint density at radius 3 is 2.62 bits per heavy atom. The average molecular weight is 430 g/mol. The number of sulfonamides is 1. The standard InChI is InChI=1S/C22H20FNO3S2/c1-2-28-20-8-4-7-19-21(20)17-10-9-14(13-29(24,25)26)11-18(17)22(27-19)15-5-3-6-16(23)12-15/h3-12,22H,2,13H2,1H3,(H2,24,25,26). The first-order valence-corrected chi connectivity index (χ1v) is 11.9. The van der Waals surface area contributed by atoms with Crippen molar-refractivity contribution in [3.8, 4) is 16.9 Å². The van der Waals surface area contributed by atoms with E-state index in [0.717, 1.165) is 33.1 Å². The summed E-state index contributed by atoms with van der Waals surface area (Å²) in [6.07, 6.45) is -0.546. The number of ether oxygens (including phenoxy) is 1. The van der Waals surface area contributed by atoms with E-state index in [1.807, 2.05) is 24.3 Å². The predicted octanol–water partition coefficient (Wildman–Crippen LogP) is 4.88. The van der Waals surface area contributed by atoms with Gasteiger partial charge in [-0.2, -0.15) is 0 Å². The summed E-state index contributed by atoms with van der Waals surface area (Å²) in [7, 11) is -3.67. The van der Waals surface area contributed by atoms with Gasteiger partial charge in [-0.15, -0.1) is 11.8 Å². The lowest BCUT2D eigenvalue weighted by atomic mass is 9.88. The third kappa shape index (κ3) is 4.17. The van der Waals surface area contributed by atoms with E-state index < -0.39 is 16.1 Å². The molecule has 0 fully saturated rings. The molecule has 4 nitrogen and oxygen atoms in total. The average Bonchev–Trinajstić information content (AvgIpc) is 2.66. The van der Waals surface area contributed by atoms with Gasteiger partial charge in [0.1, 0.15) is 17.7 Å². The molecule has 0 saturated carbocycles. The number of rotatable bonds is 5. The molecule has 150 valence electrons. The van der Waals surface area contributed by atoms with E-state index in [0.29, 0.717) is 11.1 Å². The Morgan fingerprint density at radius 1 is 1.10 bits per heavy atom. The van der Waals surface area contributed by atoms with Crippen molar-refractivity contribution in [2.75, 3.05) is 5.75 Å². The number of hydrogen-bond donors (Lipinski definition) is 1. The number of primary sulfonamides is 1. The third-order valence-corrected chi connectivity index (χ3v) is 6.40. The van der Waals surface area contributed by atoms with Crippen molar-refractivity contribution in [3.05, 3.63) is 83.2 Å². The summed E-state index contributed by atoms with van der Waals surface area (Å²) in [5, 5.41) is 5.24. The first-order chi connectivity index (χ1) is 13.9. The fourth-order valence-corrected chi connectivity index (χ4v) is 5.12. The molecule has 0 aromatic heterocycles. The number of benzene rings is 3. The smallest absolute Gasteiger partial charge is 0.213 e. The van der Waals surface area contributed by atoms with Crippen molar-refractivity contribution in [2.24, 2.45) is 5.14 Å². The molecule has 0 bridgehead atoms. The lowest BCUT2D eigenvalue weighted by molar-refractivity contribution is 0.242. The Balaban J connectivity index is 1.92. The molecule has 0 saturated heterocycles. The Kier molecular flexibility index (Phi) is 5.38. The van der Waals surface area contributed by atoms with Gasteiger partial charge in [0.15, 0.2) is 0 Å². The predicted molar refractivity (Wildman–Crippen MR) is 114 cm³/mol. The minimum Gasteiger partial charge on any atom is -0.480 e. The van der Waals surface area contributed by atoms with Crippen LogP contribution in [0.4, 0.5) is 4.39 Å². The fraction of sp³-hybridized carbons (Fsp3) is 0.182. The molecule has 0 amide bonds. The molecule has 0 spiro atoms. The van der Waals surface area contributed by atoms with Crippen molar-refractivity contribution >= 4 is 21.8 Å². The number of halogens is 1. The minimum atomic E-state index is -3.67. The molecular weight excluding hydrogens is 409 g/mol. The number of nitrogens with two attached hydrogens (primary N) is 1. The van der Waals surface area contributed by atoms with E-state index in [9.17, 15) is 12.8 Å². The maximum Gasteiger partial charge on any atom is 0.213 e. The van der Waals surface area contributed by atoms with Crippen LogP contribution in [0, 0.1) is 5.82 Å². The highest BCUT2D eigenvalue weighted by molar-refractivity contribution is 7.99. The molecule has 1 aliphatic rings. The first-order valence-electron chi connectivity index (χ1n) is 9.17. The second kappa shape index (κ2) is 7.82. The number of hydrogen-bond acceptors (Lipinski definition) is 4. The van der Waals surface area contributed by atoms with Gasteiger partial charge >= 0.3 is 0 Å². The van der Waals surface area contributed by atoms with E-state index in [-0.39, 0.29) is 11.6 Å². The topological polar surface area (TPSA) is 69.4 Å². The van der Waals surface area contributed by atoms with Crippen molar-refractivity contribution < 1.29 is 17.5 Å². The zero-order valence-corrected chi connectivity index (χ0v) is 17.4. The SMILES string of the molecule is CCSc1cccc2c1-c1ccc(CS(N)(=O)=O)cc1C(c1cccc(F)c1)O2. The van der Waals surface area contributed by atoms with Gasteiger partial charge in [-0.25, -0.2) is 17.9 Å². The molecule has 3 aromatic carbocycles. The van der Waals surface area contributed by atoms with Gasteiger partial charge < -0.3 is 4.74 Å². The van der Waals surface area contributed by atoms with Crippen LogP contribution in [0.15, 0.2) is 65.6 Å². The van der Waals surface area contributed by atoms with Crippen LogP contribution < -0.4 is 9.88 Å².